The molecule has 1 heterocycles. The van der Waals surface area contributed by atoms with Crippen molar-refractivity contribution in [2.75, 3.05) is 0 Å². The molecule has 0 unspecified atom stereocenters. The highest BCUT2D eigenvalue weighted by molar-refractivity contribution is 6.34. The third-order valence-corrected chi connectivity index (χ3v) is 5.28. The number of fused-ring (bicyclic) bond motifs is 2. The van der Waals surface area contributed by atoms with Crippen LogP contribution in [0.3, 0.4) is 0 Å². The van der Waals surface area contributed by atoms with Gasteiger partial charge in [-0.2, -0.15) is 0 Å². The van der Waals surface area contributed by atoms with Gasteiger partial charge in [-0.15, -0.1) is 0 Å². The van der Waals surface area contributed by atoms with Gasteiger partial charge in [0.1, 0.15) is 22.8 Å². The fourth-order valence-electron chi connectivity index (χ4n) is 2.83. The number of aromatic hydroxyl groups is 2. The van der Waals surface area contributed by atoms with E-state index >= 15 is 0 Å². The van der Waals surface area contributed by atoms with Crippen molar-refractivity contribution >= 4 is 34.7 Å². The molecule has 3 rings (SSSR count). The first-order valence-electron chi connectivity index (χ1n) is 7.79. The number of phenols is 2. The molecule has 0 fully saturated rings. The third-order valence-electron chi connectivity index (χ3n) is 4.44. The van der Waals surface area contributed by atoms with E-state index in [9.17, 15) is 15.0 Å². The minimum Gasteiger partial charge on any atom is -0.506 e. The summed E-state index contributed by atoms with van der Waals surface area (Å²) in [5.74, 6) is -0.758. The highest BCUT2D eigenvalue weighted by Crippen LogP contribution is 2.52. The molecule has 26 heavy (non-hydrogen) atoms. The second-order valence-corrected chi connectivity index (χ2v) is 6.75. The number of carbonyl (C=O) groups excluding carboxylic acids is 1. The third kappa shape index (κ3) is 2.59. The average Bonchev–Trinajstić information content (AvgIpc) is 2.74. The number of esters is 1. The Kier molecular flexibility index (Phi) is 4.54. The smallest absolute Gasteiger partial charge is 0.347 e. The Morgan fingerprint density at radius 2 is 1.73 bits per heavy atom. The Bertz CT molecular complexity index is 993. The molecule has 0 radical (unpaired) electrons. The number of benzene rings is 2. The van der Waals surface area contributed by atoms with Gasteiger partial charge in [-0.05, 0) is 38.8 Å². The Morgan fingerprint density at radius 1 is 1.08 bits per heavy atom. The van der Waals surface area contributed by atoms with Gasteiger partial charge >= 0.3 is 5.97 Å². The number of hydrogen-bond acceptors (Lipinski definition) is 5. The summed E-state index contributed by atoms with van der Waals surface area (Å²) in [4.78, 5) is 12.7. The van der Waals surface area contributed by atoms with Crippen LogP contribution >= 0.6 is 23.2 Å². The number of phenolic OH excluding ortho intramolecular Hbond substituents is 2. The van der Waals surface area contributed by atoms with Crippen molar-refractivity contribution in [2.24, 2.45) is 0 Å². The van der Waals surface area contributed by atoms with Crippen LogP contribution in [0.25, 0.3) is 5.57 Å². The molecule has 0 atom stereocenters. The predicted octanol–water partition coefficient (Wildman–Crippen LogP) is 5.77. The minimum atomic E-state index is -0.702. The molecule has 2 N–H and O–H groups in total. The van der Waals surface area contributed by atoms with Gasteiger partial charge < -0.3 is 19.7 Å². The number of ether oxygens (including phenoxy) is 2. The van der Waals surface area contributed by atoms with Crippen molar-refractivity contribution in [3.05, 3.63) is 44.4 Å². The van der Waals surface area contributed by atoms with Crippen LogP contribution in [0.1, 0.15) is 40.9 Å². The van der Waals surface area contributed by atoms with Gasteiger partial charge in [0.25, 0.3) is 0 Å². The van der Waals surface area contributed by atoms with Crippen LogP contribution in [0, 0.1) is 13.8 Å². The summed E-state index contributed by atoms with van der Waals surface area (Å²) in [6, 6.07) is 1.26. The van der Waals surface area contributed by atoms with E-state index < -0.39 is 5.97 Å². The topological polar surface area (TPSA) is 76.0 Å². The van der Waals surface area contributed by atoms with Gasteiger partial charge in [-0.3, -0.25) is 0 Å². The lowest BCUT2D eigenvalue weighted by atomic mass is 10.0. The Morgan fingerprint density at radius 3 is 2.35 bits per heavy atom. The van der Waals surface area contributed by atoms with Gasteiger partial charge in [-0.25, -0.2) is 4.79 Å². The lowest BCUT2D eigenvalue weighted by Crippen LogP contribution is -2.10. The molecule has 0 aliphatic carbocycles. The first-order chi connectivity index (χ1) is 12.2. The first-order valence-corrected chi connectivity index (χ1v) is 8.55. The molecule has 0 aromatic heterocycles. The Labute approximate surface area is 160 Å². The largest absolute Gasteiger partial charge is 0.506 e. The summed E-state index contributed by atoms with van der Waals surface area (Å²) < 4.78 is 11.5. The number of rotatable bonds is 1. The van der Waals surface area contributed by atoms with Crippen LogP contribution in [-0.2, 0) is 0 Å². The molecular weight excluding hydrogens is 379 g/mol. The normalized spacial score (nSPS) is 13.5. The van der Waals surface area contributed by atoms with Crippen LogP contribution in [0.2, 0.25) is 10.0 Å². The zero-order valence-corrected chi connectivity index (χ0v) is 16.0. The molecule has 1 aliphatic rings. The van der Waals surface area contributed by atoms with Crippen LogP contribution in [-0.4, -0.2) is 16.2 Å². The lowest BCUT2D eigenvalue weighted by Gasteiger charge is -2.18. The van der Waals surface area contributed by atoms with E-state index in [4.69, 9.17) is 32.7 Å². The highest BCUT2D eigenvalue weighted by atomic mass is 35.5. The quantitative estimate of drug-likeness (QED) is 0.474. The Balaban J connectivity index is 2.40. The van der Waals surface area contributed by atoms with Crippen molar-refractivity contribution in [3.63, 3.8) is 0 Å². The molecule has 0 bridgehead atoms. The van der Waals surface area contributed by atoms with E-state index in [1.54, 1.807) is 33.8 Å². The second-order valence-electron chi connectivity index (χ2n) is 5.99. The molecule has 5 nitrogen and oxygen atoms in total. The molecule has 136 valence electrons. The number of allylic oxidation sites excluding steroid dienone is 2. The van der Waals surface area contributed by atoms with E-state index in [0.29, 0.717) is 11.1 Å². The van der Waals surface area contributed by atoms with Crippen molar-refractivity contribution in [1.82, 2.24) is 0 Å². The van der Waals surface area contributed by atoms with Crippen LogP contribution < -0.4 is 9.47 Å². The number of hydrogen-bond donors (Lipinski definition) is 2. The van der Waals surface area contributed by atoms with Crippen molar-refractivity contribution in [3.8, 4) is 28.7 Å². The maximum Gasteiger partial charge on any atom is 0.347 e. The molecular formula is C19H16Cl2O5. The zero-order chi connectivity index (χ0) is 19.3. The maximum absolute atomic E-state index is 12.7. The fraction of sp³-hybridized carbons (Fsp3) is 0.211. The highest BCUT2D eigenvalue weighted by Gasteiger charge is 2.33. The molecule has 7 heteroatoms. The summed E-state index contributed by atoms with van der Waals surface area (Å²) in [7, 11) is 0. The van der Waals surface area contributed by atoms with Crippen molar-refractivity contribution < 1.29 is 24.5 Å². The van der Waals surface area contributed by atoms with E-state index in [1.165, 1.54) is 6.07 Å². The maximum atomic E-state index is 12.7. The van der Waals surface area contributed by atoms with Gasteiger partial charge in [0, 0.05) is 17.2 Å². The summed E-state index contributed by atoms with van der Waals surface area (Å²) in [6.45, 7) is 6.74. The van der Waals surface area contributed by atoms with E-state index in [1.807, 2.05) is 0 Å². The number of carbonyl (C=O) groups is 1. The SMILES string of the molecule is CC=C(C)c1c(Cl)c(O)c(C)c2c1Oc1cc(O)c(Cl)c(C)c1C(=O)O2. The van der Waals surface area contributed by atoms with Gasteiger partial charge in [-0.1, -0.05) is 29.3 Å². The van der Waals surface area contributed by atoms with E-state index in [-0.39, 0.29) is 49.9 Å². The molecule has 0 spiro atoms. The van der Waals surface area contributed by atoms with Gasteiger partial charge in [0.2, 0.25) is 0 Å². The van der Waals surface area contributed by atoms with Crippen LogP contribution in [0.4, 0.5) is 0 Å². The Hall–Kier alpha value is -2.37. The molecule has 1 aliphatic heterocycles. The zero-order valence-electron chi connectivity index (χ0n) is 14.5. The van der Waals surface area contributed by atoms with Gasteiger partial charge in [0.05, 0.1) is 10.0 Å². The van der Waals surface area contributed by atoms with Crippen molar-refractivity contribution in [1.29, 1.82) is 0 Å². The molecule has 0 amide bonds. The van der Waals surface area contributed by atoms with Crippen LogP contribution in [0.5, 0.6) is 28.7 Å². The lowest BCUT2D eigenvalue weighted by molar-refractivity contribution is 0.0735. The first kappa shape index (κ1) is 18.4. The summed E-state index contributed by atoms with van der Waals surface area (Å²) >= 11 is 12.4. The average molecular weight is 395 g/mol. The standard InChI is InChI=1S/C19H16Cl2O5/c1-5-7(2)12-15(21)16(23)9(4)17-18(12)25-11-6-10(22)14(20)8(3)13(11)19(24)26-17/h5-6,22-23H,1-4H3. The fourth-order valence-corrected chi connectivity index (χ4v) is 3.35. The van der Waals surface area contributed by atoms with E-state index in [2.05, 4.69) is 0 Å². The second kappa shape index (κ2) is 6.41. The predicted molar refractivity (Wildman–Crippen MR) is 100 cm³/mol. The summed E-state index contributed by atoms with van der Waals surface area (Å²) in [6.07, 6.45) is 1.79. The molecule has 2 aromatic carbocycles. The van der Waals surface area contributed by atoms with Crippen molar-refractivity contribution in [2.45, 2.75) is 27.7 Å². The van der Waals surface area contributed by atoms with E-state index in [0.717, 1.165) is 5.57 Å². The number of halogens is 2. The summed E-state index contributed by atoms with van der Waals surface area (Å²) in [5, 5.41) is 20.5. The molecule has 2 aromatic rings. The molecule has 0 saturated carbocycles. The monoisotopic (exact) mass is 394 g/mol. The minimum absolute atomic E-state index is 0.0396. The molecule has 0 saturated heterocycles. The van der Waals surface area contributed by atoms with Crippen LogP contribution in [0.15, 0.2) is 12.1 Å². The summed E-state index contributed by atoms with van der Waals surface area (Å²) in [5.41, 5.74) is 1.82. The van der Waals surface area contributed by atoms with Gasteiger partial charge in [0.15, 0.2) is 11.5 Å².